The third-order valence-corrected chi connectivity index (χ3v) is 7.29. The molecule has 2 unspecified atom stereocenters. The van der Waals surface area contributed by atoms with E-state index in [1.807, 2.05) is 13.8 Å². The van der Waals surface area contributed by atoms with E-state index in [1.54, 1.807) is 4.57 Å². The standard InChI is InChI=1S/C21H30N4O3/c1-3-5-24-16-15(17(26)25(6-4-2)19(24)27)22-18(23-16)20-8-13-7-14(9-20)11-21(28,10-13)12-20/h13-14,28H,3-12H2,1-2H3,(H,22,23). The first-order valence-corrected chi connectivity index (χ1v) is 10.8. The average molecular weight is 386 g/mol. The number of aliphatic hydroxyl groups is 1. The summed E-state index contributed by atoms with van der Waals surface area (Å²) in [6.45, 7) is 4.96. The number of nitrogens with zero attached hydrogens (tertiary/aromatic N) is 3. The molecule has 2 heterocycles. The van der Waals surface area contributed by atoms with Crippen molar-refractivity contribution in [1.29, 1.82) is 0 Å². The van der Waals surface area contributed by atoms with Crippen molar-refractivity contribution in [2.75, 3.05) is 0 Å². The van der Waals surface area contributed by atoms with Crippen molar-refractivity contribution in [3.63, 3.8) is 0 Å². The second-order valence-corrected chi connectivity index (χ2v) is 9.64. The van der Waals surface area contributed by atoms with Crippen LogP contribution in [0, 0.1) is 11.8 Å². The Bertz CT molecular complexity index is 1030. The molecule has 4 aliphatic carbocycles. The minimum Gasteiger partial charge on any atom is -0.390 e. The molecule has 4 fully saturated rings. The molecule has 2 aromatic heterocycles. The Morgan fingerprint density at radius 1 is 1.07 bits per heavy atom. The molecule has 7 nitrogen and oxygen atoms in total. The Labute approximate surface area is 163 Å². The molecule has 0 aromatic carbocycles. The summed E-state index contributed by atoms with van der Waals surface area (Å²) in [4.78, 5) is 34.2. The van der Waals surface area contributed by atoms with Gasteiger partial charge in [0.1, 0.15) is 11.3 Å². The van der Waals surface area contributed by atoms with E-state index >= 15 is 0 Å². The van der Waals surface area contributed by atoms with Gasteiger partial charge in [0.05, 0.1) is 5.60 Å². The lowest BCUT2D eigenvalue weighted by Gasteiger charge is -2.59. The maximum atomic E-state index is 13.0. The number of rotatable bonds is 5. The molecule has 2 N–H and O–H groups in total. The molecule has 0 saturated heterocycles. The molecule has 0 aliphatic heterocycles. The van der Waals surface area contributed by atoms with Crippen molar-refractivity contribution in [3.8, 4) is 0 Å². The highest BCUT2D eigenvalue weighted by atomic mass is 16.3. The zero-order chi connectivity index (χ0) is 19.7. The Hall–Kier alpha value is -1.89. The van der Waals surface area contributed by atoms with Gasteiger partial charge in [0.25, 0.3) is 5.56 Å². The number of aromatic amines is 1. The fraction of sp³-hybridized carbons (Fsp3) is 0.762. The molecule has 2 atom stereocenters. The largest absolute Gasteiger partial charge is 0.390 e. The normalized spacial score (nSPS) is 33.8. The topological polar surface area (TPSA) is 92.9 Å². The molecule has 4 bridgehead atoms. The third-order valence-electron chi connectivity index (χ3n) is 7.29. The van der Waals surface area contributed by atoms with Gasteiger partial charge in [-0.3, -0.25) is 13.9 Å². The van der Waals surface area contributed by atoms with Gasteiger partial charge in [0.2, 0.25) is 0 Å². The molecule has 4 saturated carbocycles. The highest BCUT2D eigenvalue weighted by Gasteiger charge is 2.59. The monoisotopic (exact) mass is 386 g/mol. The molecule has 152 valence electrons. The molecule has 28 heavy (non-hydrogen) atoms. The minimum absolute atomic E-state index is 0.188. The first kappa shape index (κ1) is 18.2. The third kappa shape index (κ3) is 2.48. The molecular weight excluding hydrogens is 356 g/mol. The van der Waals surface area contributed by atoms with E-state index in [-0.39, 0.29) is 16.7 Å². The first-order valence-electron chi connectivity index (χ1n) is 10.8. The van der Waals surface area contributed by atoms with Gasteiger partial charge in [-0.05, 0) is 63.2 Å². The number of fused-ring (bicyclic) bond motifs is 1. The van der Waals surface area contributed by atoms with Crippen molar-refractivity contribution < 1.29 is 5.11 Å². The van der Waals surface area contributed by atoms with Crippen LogP contribution in [0.2, 0.25) is 0 Å². The van der Waals surface area contributed by atoms with Crippen molar-refractivity contribution in [2.24, 2.45) is 11.8 Å². The molecular formula is C21H30N4O3. The predicted octanol–water partition coefficient (Wildman–Crippen LogP) is 2.29. The Morgan fingerprint density at radius 3 is 2.32 bits per heavy atom. The summed E-state index contributed by atoms with van der Waals surface area (Å²) >= 11 is 0. The van der Waals surface area contributed by atoms with Crippen LogP contribution in [0.3, 0.4) is 0 Å². The number of imidazole rings is 1. The quantitative estimate of drug-likeness (QED) is 0.825. The zero-order valence-electron chi connectivity index (χ0n) is 16.8. The molecule has 4 aliphatic rings. The van der Waals surface area contributed by atoms with Gasteiger partial charge in [-0.1, -0.05) is 13.8 Å². The molecule has 6 rings (SSSR count). The van der Waals surface area contributed by atoms with E-state index in [2.05, 4.69) is 4.98 Å². The van der Waals surface area contributed by atoms with Crippen LogP contribution in [-0.2, 0) is 18.5 Å². The summed E-state index contributed by atoms with van der Waals surface area (Å²) in [6.07, 6.45) is 7.29. The van der Waals surface area contributed by atoms with Crippen LogP contribution < -0.4 is 11.2 Å². The van der Waals surface area contributed by atoms with E-state index < -0.39 is 5.60 Å². The van der Waals surface area contributed by atoms with Crippen molar-refractivity contribution in [2.45, 2.75) is 89.3 Å². The number of hydrogen-bond acceptors (Lipinski definition) is 4. The van der Waals surface area contributed by atoms with Gasteiger partial charge in [-0.15, -0.1) is 0 Å². The van der Waals surface area contributed by atoms with Crippen molar-refractivity contribution in [3.05, 3.63) is 26.7 Å². The lowest BCUT2D eigenvalue weighted by atomic mass is 9.47. The van der Waals surface area contributed by atoms with E-state index in [1.165, 1.54) is 11.0 Å². The number of aryl methyl sites for hydroxylation is 1. The van der Waals surface area contributed by atoms with Gasteiger partial charge in [-0.25, -0.2) is 9.78 Å². The van der Waals surface area contributed by atoms with Crippen LogP contribution in [0.25, 0.3) is 11.2 Å². The summed E-state index contributed by atoms with van der Waals surface area (Å²) in [6, 6.07) is 0. The Kier molecular flexibility index (Phi) is 3.92. The van der Waals surface area contributed by atoms with Crippen LogP contribution >= 0.6 is 0 Å². The smallest absolute Gasteiger partial charge is 0.332 e. The Morgan fingerprint density at radius 2 is 1.71 bits per heavy atom. The van der Waals surface area contributed by atoms with Gasteiger partial charge in [0.15, 0.2) is 5.65 Å². The highest BCUT2D eigenvalue weighted by molar-refractivity contribution is 5.70. The van der Waals surface area contributed by atoms with Gasteiger partial charge in [-0.2, -0.15) is 0 Å². The second-order valence-electron chi connectivity index (χ2n) is 9.64. The van der Waals surface area contributed by atoms with Crippen LogP contribution in [0.4, 0.5) is 0 Å². The molecule has 7 heteroatoms. The number of hydrogen-bond donors (Lipinski definition) is 2. The molecule has 0 amide bonds. The number of H-pyrrole nitrogens is 1. The second kappa shape index (κ2) is 6.05. The highest BCUT2D eigenvalue weighted by Crippen LogP contribution is 2.61. The zero-order valence-corrected chi connectivity index (χ0v) is 16.8. The fourth-order valence-electron chi connectivity index (χ4n) is 6.75. The predicted molar refractivity (Wildman–Crippen MR) is 107 cm³/mol. The Balaban J connectivity index is 1.70. The summed E-state index contributed by atoms with van der Waals surface area (Å²) in [5.41, 5.74) is -0.373. The summed E-state index contributed by atoms with van der Waals surface area (Å²) in [5.74, 6) is 1.88. The average Bonchev–Trinajstić information content (AvgIpc) is 3.06. The van der Waals surface area contributed by atoms with Gasteiger partial charge in [0, 0.05) is 18.5 Å². The van der Waals surface area contributed by atoms with Crippen LogP contribution in [-0.4, -0.2) is 29.8 Å². The lowest BCUT2D eigenvalue weighted by molar-refractivity contribution is -0.138. The maximum Gasteiger partial charge on any atom is 0.332 e. The summed E-state index contributed by atoms with van der Waals surface area (Å²) < 4.78 is 2.99. The van der Waals surface area contributed by atoms with Gasteiger partial charge < -0.3 is 10.1 Å². The SMILES string of the molecule is CCCn1c(=O)c2[nH]c(C34CC5CC(CC(O)(C5)C3)C4)nc2n(CCC)c1=O. The molecule has 0 radical (unpaired) electrons. The minimum atomic E-state index is -0.589. The van der Waals surface area contributed by atoms with E-state index in [0.717, 1.165) is 44.3 Å². The molecule has 2 aromatic rings. The summed E-state index contributed by atoms with van der Waals surface area (Å²) in [7, 11) is 0. The first-order chi connectivity index (χ1) is 13.4. The lowest BCUT2D eigenvalue weighted by Crippen LogP contribution is -2.57. The molecule has 0 spiro atoms. The van der Waals surface area contributed by atoms with E-state index in [0.29, 0.717) is 42.5 Å². The van der Waals surface area contributed by atoms with Crippen LogP contribution in [0.15, 0.2) is 9.59 Å². The number of aromatic nitrogens is 4. The van der Waals surface area contributed by atoms with Crippen molar-refractivity contribution >= 4 is 11.2 Å². The fourth-order valence-corrected chi connectivity index (χ4v) is 6.75. The maximum absolute atomic E-state index is 13.0. The van der Waals surface area contributed by atoms with E-state index in [4.69, 9.17) is 4.98 Å². The summed E-state index contributed by atoms with van der Waals surface area (Å²) in [5, 5.41) is 11.1. The van der Waals surface area contributed by atoms with Gasteiger partial charge >= 0.3 is 5.69 Å². The van der Waals surface area contributed by atoms with Crippen molar-refractivity contribution in [1.82, 2.24) is 19.1 Å². The number of nitrogens with one attached hydrogen (secondary N) is 1. The van der Waals surface area contributed by atoms with Crippen LogP contribution in [0.5, 0.6) is 0 Å². The van der Waals surface area contributed by atoms with E-state index in [9.17, 15) is 14.7 Å². The van der Waals surface area contributed by atoms with Crippen LogP contribution in [0.1, 0.15) is 71.0 Å².